The summed E-state index contributed by atoms with van der Waals surface area (Å²) >= 11 is 16.4. The summed E-state index contributed by atoms with van der Waals surface area (Å²) in [6.07, 6.45) is -1.34. The number of aliphatic hydroxyl groups excluding tert-OH is 2. The summed E-state index contributed by atoms with van der Waals surface area (Å²) in [5.74, 6) is -1.30. The van der Waals surface area contributed by atoms with Gasteiger partial charge in [0.05, 0.1) is 95.3 Å². The first kappa shape index (κ1) is 77.3. The molecule has 0 spiro atoms. The van der Waals surface area contributed by atoms with Gasteiger partial charge in [-0.05, 0) is 68.4 Å². The Bertz CT molecular complexity index is 2140. The number of halogens is 10. The van der Waals surface area contributed by atoms with E-state index in [2.05, 4.69) is 144 Å². The second kappa shape index (κ2) is 42.1. The van der Waals surface area contributed by atoms with Gasteiger partial charge in [0.25, 0.3) is 0 Å². The fourth-order valence-corrected chi connectivity index (χ4v) is 6.49. The van der Waals surface area contributed by atoms with Gasteiger partial charge in [-0.3, -0.25) is 14.7 Å². The summed E-state index contributed by atoms with van der Waals surface area (Å²) in [7, 11) is 9.81. The van der Waals surface area contributed by atoms with Gasteiger partial charge in [-0.2, -0.15) is 0 Å². The Labute approximate surface area is 536 Å². The average molecular weight is 1720 g/mol. The van der Waals surface area contributed by atoms with E-state index < -0.39 is 36.0 Å². The first-order chi connectivity index (χ1) is 35.0. The molecule has 3 N–H and O–H groups in total. The van der Waals surface area contributed by atoms with Crippen LogP contribution in [0, 0.1) is 17.5 Å². The largest absolute Gasteiger partial charge is 0.441 e. The molecule has 433 valence electrons. The van der Waals surface area contributed by atoms with E-state index in [9.17, 15) is 27.6 Å². The summed E-state index contributed by atoms with van der Waals surface area (Å²) in [4.78, 5) is 42.8. The van der Waals surface area contributed by atoms with Crippen LogP contribution in [0.1, 0.15) is 13.8 Å². The van der Waals surface area contributed by atoms with Gasteiger partial charge in [0, 0.05) is 87.1 Å². The maximum absolute atomic E-state index is 14.3. The summed E-state index contributed by atoms with van der Waals surface area (Å²) in [5.41, 5.74) is 2.50. The fourth-order valence-electron chi connectivity index (χ4n) is 6.49. The number of hydrogen-bond donors (Lipinski definition) is 3. The smallest absolute Gasteiger partial charge is 0.414 e. The molecule has 0 bridgehead atoms. The van der Waals surface area contributed by atoms with Gasteiger partial charge in [0.2, 0.25) is 0 Å². The van der Waals surface area contributed by atoms with Crippen LogP contribution in [0.5, 0.6) is 0 Å². The first-order valence-electron chi connectivity index (χ1n) is 22.4. The van der Waals surface area contributed by atoms with Crippen molar-refractivity contribution >= 4 is 189 Å². The van der Waals surface area contributed by atoms with Crippen molar-refractivity contribution in [2.75, 3.05) is 158 Å². The minimum atomic E-state index is -0.575. The number of methoxy groups -OCH3 is 4. The normalized spacial score (nSPS) is 16.2. The molecule has 0 aliphatic carbocycles. The van der Waals surface area contributed by atoms with E-state index >= 15 is 0 Å². The van der Waals surface area contributed by atoms with E-state index in [1.54, 1.807) is 75.6 Å². The van der Waals surface area contributed by atoms with Gasteiger partial charge >= 0.3 is 18.3 Å². The van der Waals surface area contributed by atoms with Gasteiger partial charge in [-0.15, -0.1) is 24.0 Å². The molecule has 3 fully saturated rings. The van der Waals surface area contributed by atoms with Gasteiger partial charge in [0.15, 0.2) is 0 Å². The molecule has 3 saturated heterocycles. The minimum Gasteiger partial charge on any atom is -0.441 e. The predicted octanol–water partition coefficient (Wildman–Crippen LogP) is 10.7. The molecule has 0 saturated carbocycles. The summed E-state index contributed by atoms with van der Waals surface area (Å²) in [5, 5.41) is 20.4. The van der Waals surface area contributed by atoms with Crippen LogP contribution >= 0.6 is 137 Å². The standard InChI is InChI=1S/C15H21FN2O4.C14H19FN2O4.C13H17FN2O4.C2H3I3.C2H4I2.CH3Cl.ClH.V/c1-17(6-7-20-2)14-5-4-11(8-13(14)16)18-9-12(10-21-3)22-15(18)19;1-16(5-6-20-2)13-4-3-10(7-12(13)15)17-8-11(9-18)21-14(17)19;1-19-8-10-7-16(13(18)20-10)9-2-3-12(11(14)6-9)15-4-5-17;1-2(3,4)5;1-2(3)4;1-2;;/h4-5,8,12H,6-7,9-10H2,1-3H3;3-4,7,11,18H,5-6,8-9H2,1-2H3;2-3,6,10,15,17H,4-5,7-8H2,1H3;1H3;2H,1H3;1H3;1H;/t12-;11-;10-;;;;;/m111...../s1. The molecule has 3 aromatic rings. The van der Waals surface area contributed by atoms with Crippen molar-refractivity contribution in [2.24, 2.45) is 0 Å². The molecule has 76 heavy (non-hydrogen) atoms. The number of carbonyl (C=O) groups is 3. The fraction of sp³-hybridized carbons (Fsp3) is 0.553. The zero-order chi connectivity index (χ0) is 56.1. The molecule has 18 nitrogen and oxygen atoms in total. The molecule has 1 radical (unpaired) electrons. The second-order valence-electron chi connectivity index (χ2n) is 15.7. The average Bonchev–Trinajstić information content (AvgIpc) is 4.04. The Morgan fingerprint density at radius 3 is 1.30 bits per heavy atom. The summed E-state index contributed by atoms with van der Waals surface area (Å²) < 4.78 is 78.5. The van der Waals surface area contributed by atoms with Crippen LogP contribution in [0.25, 0.3) is 0 Å². The Kier molecular flexibility index (Phi) is 42.8. The third kappa shape index (κ3) is 29.3. The zero-order valence-corrected chi connectivity index (χ0v) is 57.2. The molecule has 6 rings (SSSR count). The number of nitrogens with zero attached hydrogens (tertiary/aromatic N) is 5. The number of nitrogens with one attached hydrogen (secondary N) is 1. The van der Waals surface area contributed by atoms with Gasteiger partial charge in [-0.1, -0.05) is 113 Å². The summed E-state index contributed by atoms with van der Waals surface area (Å²) in [6, 6.07) is 13.7. The van der Waals surface area contributed by atoms with Crippen molar-refractivity contribution in [1.29, 1.82) is 0 Å². The van der Waals surface area contributed by atoms with E-state index in [0.717, 1.165) is 1.93 Å². The number of hydrogen-bond acceptors (Lipinski definition) is 15. The third-order valence-electron chi connectivity index (χ3n) is 9.79. The SMILES string of the molecule is CC(I)(I)I.CC(I)I.CCl.COCCN(C)c1ccc(N2C[C@H](CO)OC2=O)cc1F.COCCN(C)c1ccc(N2C[C@H](COC)OC2=O)cc1F.COC[C@H]1CN(c2ccc(NCCO)c(F)c2)C(=O)O1.Cl.[V]. The Balaban J connectivity index is 0. The number of ether oxygens (including phenoxy) is 7. The number of benzene rings is 3. The van der Waals surface area contributed by atoms with E-state index in [4.69, 9.17) is 43.4 Å². The zero-order valence-electron chi connectivity index (χ0n) is 43.5. The van der Waals surface area contributed by atoms with Crippen molar-refractivity contribution in [1.82, 2.24) is 0 Å². The monoisotopic (exact) mass is 1720 g/mol. The number of anilines is 6. The molecule has 0 aromatic heterocycles. The van der Waals surface area contributed by atoms with Gasteiger partial charge in [-0.25, -0.2) is 27.6 Å². The predicted molar refractivity (Wildman–Crippen MR) is 336 cm³/mol. The van der Waals surface area contributed by atoms with Crippen molar-refractivity contribution in [3.05, 3.63) is 72.0 Å². The van der Waals surface area contributed by atoms with Crippen LogP contribution in [0.3, 0.4) is 0 Å². The molecular weight excluding hydrogens is 1650 g/mol. The van der Waals surface area contributed by atoms with Crippen molar-refractivity contribution in [3.8, 4) is 0 Å². The van der Waals surface area contributed by atoms with Crippen LogP contribution in [0.4, 0.5) is 61.7 Å². The van der Waals surface area contributed by atoms with Crippen LogP contribution in [0.2, 0.25) is 0 Å². The number of rotatable bonds is 19. The van der Waals surface area contributed by atoms with E-state index in [1.807, 2.05) is 0 Å². The molecule has 3 aliphatic heterocycles. The topological polar surface area (TPSA) is 185 Å². The van der Waals surface area contributed by atoms with Gasteiger partial charge in [0.1, 0.15) is 35.2 Å². The molecule has 3 atom stereocenters. The number of amides is 3. The van der Waals surface area contributed by atoms with Crippen LogP contribution in [-0.2, 0) is 51.7 Å². The van der Waals surface area contributed by atoms with E-state index in [-0.39, 0.29) is 81.0 Å². The van der Waals surface area contributed by atoms with Crippen LogP contribution in [-0.4, -0.2) is 176 Å². The molecule has 0 unspecified atom stereocenters. The maximum atomic E-state index is 14.3. The number of alkyl halides is 6. The number of likely N-dealkylation sites (N-methyl/N-ethyl adjacent to an activating group) is 2. The molecule has 3 amide bonds. The number of aliphatic hydroxyl groups is 2. The second-order valence-corrected chi connectivity index (χ2v) is 34.4. The maximum Gasteiger partial charge on any atom is 0.414 e. The molecule has 29 heteroatoms. The third-order valence-corrected chi connectivity index (χ3v) is 9.79. The molecular formula is C47H68Cl2F3I5N6O12V. The van der Waals surface area contributed by atoms with Crippen molar-refractivity contribution < 1.29 is 89.5 Å². The quantitative estimate of drug-likeness (QED) is 0.0585. The molecule has 3 aliphatic rings. The van der Waals surface area contributed by atoms with Crippen LogP contribution in [0.15, 0.2) is 54.6 Å². The Morgan fingerprint density at radius 2 is 1.01 bits per heavy atom. The molecule has 3 aromatic carbocycles. The summed E-state index contributed by atoms with van der Waals surface area (Å²) in [6.45, 7) is 7.88. The van der Waals surface area contributed by atoms with E-state index in [0.29, 0.717) is 80.5 Å². The van der Waals surface area contributed by atoms with Gasteiger partial charge < -0.3 is 58.5 Å². The first-order valence-corrected chi connectivity index (χ1v) is 28.9. The van der Waals surface area contributed by atoms with E-state index in [1.165, 1.54) is 52.5 Å². The number of carbonyl (C=O) groups excluding carboxylic acids is 3. The van der Waals surface area contributed by atoms with Crippen molar-refractivity contribution in [3.63, 3.8) is 0 Å². The Hall–Kier alpha value is -0.766. The van der Waals surface area contributed by atoms with Crippen LogP contribution < -0.4 is 29.8 Å². The van der Waals surface area contributed by atoms with Crippen molar-refractivity contribution in [2.45, 2.75) is 33.5 Å². The minimum absolute atomic E-state index is 0. The number of cyclic esters (lactones) is 3. The molecule has 3 heterocycles. The Morgan fingerprint density at radius 1 is 0.684 bits per heavy atom.